The Bertz CT molecular complexity index is 1080. The first-order chi connectivity index (χ1) is 15.7. The third kappa shape index (κ3) is 6.18. The SMILES string of the molecule is CC(c1ccc(-c2ccccc2)c(F)c1)c1nnc2n1CCCCCC2.O=C(O)C(F)(F)F. The van der Waals surface area contributed by atoms with Gasteiger partial charge in [-0.15, -0.1) is 10.2 Å². The second-order valence-electron chi connectivity index (χ2n) is 7.92. The average molecular weight is 463 g/mol. The van der Waals surface area contributed by atoms with E-state index < -0.39 is 12.1 Å². The van der Waals surface area contributed by atoms with Gasteiger partial charge in [-0.25, -0.2) is 9.18 Å². The molecule has 0 radical (unpaired) electrons. The zero-order valence-electron chi connectivity index (χ0n) is 18.1. The van der Waals surface area contributed by atoms with Crippen LogP contribution in [-0.4, -0.2) is 32.0 Å². The molecule has 0 saturated carbocycles. The molecule has 2 aromatic carbocycles. The highest BCUT2D eigenvalue weighted by molar-refractivity contribution is 5.73. The lowest BCUT2D eigenvalue weighted by atomic mass is 9.96. The van der Waals surface area contributed by atoms with Gasteiger partial charge in [-0.05, 0) is 30.0 Å². The standard InChI is InChI=1S/C22H24FN3.C2HF3O2/c1-16(22-25-24-21-11-7-2-3-8-14-26(21)22)18-12-13-19(20(23)15-18)17-9-5-4-6-10-17;3-2(4,5)1(6)7/h4-6,9-10,12-13,15-16H,2-3,7-8,11,14H2,1H3;(H,6,7). The van der Waals surface area contributed by atoms with Crippen molar-refractivity contribution in [2.75, 3.05) is 0 Å². The summed E-state index contributed by atoms with van der Waals surface area (Å²) in [6.07, 6.45) is 0.760. The van der Waals surface area contributed by atoms with Gasteiger partial charge in [0.1, 0.15) is 17.5 Å². The van der Waals surface area contributed by atoms with Crippen LogP contribution in [-0.2, 0) is 17.8 Å². The van der Waals surface area contributed by atoms with Crippen molar-refractivity contribution in [2.45, 2.75) is 57.7 Å². The van der Waals surface area contributed by atoms with Crippen LogP contribution in [0.15, 0.2) is 48.5 Å². The van der Waals surface area contributed by atoms with Crippen molar-refractivity contribution in [2.24, 2.45) is 0 Å². The molecule has 1 aromatic heterocycles. The second-order valence-corrected chi connectivity index (χ2v) is 7.92. The van der Waals surface area contributed by atoms with E-state index in [-0.39, 0.29) is 11.7 Å². The van der Waals surface area contributed by atoms with Crippen LogP contribution in [0.2, 0.25) is 0 Å². The number of rotatable bonds is 3. The quantitative estimate of drug-likeness (QED) is 0.485. The summed E-state index contributed by atoms with van der Waals surface area (Å²) in [5.41, 5.74) is 2.48. The Kier molecular flexibility index (Phi) is 7.84. The zero-order valence-corrected chi connectivity index (χ0v) is 18.1. The lowest BCUT2D eigenvalue weighted by Crippen LogP contribution is -2.21. The highest BCUT2D eigenvalue weighted by Gasteiger charge is 2.38. The normalized spacial score (nSPS) is 14.8. The molecule has 1 aliphatic rings. The number of benzene rings is 2. The molecule has 0 amide bonds. The fourth-order valence-electron chi connectivity index (χ4n) is 3.81. The zero-order chi connectivity index (χ0) is 24.0. The van der Waals surface area contributed by atoms with Crippen LogP contribution in [0.1, 0.15) is 55.7 Å². The highest BCUT2D eigenvalue weighted by Crippen LogP contribution is 2.30. The molecule has 0 aliphatic carbocycles. The molecule has 0 bridgehead atoms. The fourth-order valence-corrected chi connectivity index (χ4v) is 3.81. The van der Waals surface area contributed by atoms with Crippen molar-refractivity contribution in [1.82, 2.24) is 14.8 Å². The predicted octanol–water partition coefficient (Wildman–Crippen LogP) is 5.99. The van der Waals surface area contributed by atoms with Gasteiger partial charge in [0.05, 0.1) is 0 Å². The molecule has 5 nitrogen and oxygen atoms in total. The van der Waals surface area contributed by atoms with Crippen LogP contribution in [0, 0.1) is 5.82 Å². The number of fused-ring (bicyclic) bond motifs is 1. The summed E-state index contributed by atoms with van der Waals surface area (Å²) in [6.45, 7) is 3.06. The Morgan fingerprint density at radius 3 is 2.33 bits per heavy atom. The molecular formula is C24H25F4N3O2. The van der Waals surface area contributed by atoms with E-state index in [0.29, 0.717) is 5.56 Å². The van der Waals surface area contributed by atoms with E-state index in [2.05, 4.69) is 21.7 Å². The summed E-state index contributed by atoms with van der Waals surface area (Å²) in [7, 11) is 0. The van der Waals surface area contributed by atoms with Crippen LogP contribution in [0.25, 0.3) is 11.1 Å². The van der Waals surface area contributed by atoms with Gasteiger partial charge >= 0.3 is 12.1 Å². The summed E-state index contributed by atoms with van der Waals surface area (Å²) >= 11 is 0. The number of hydrogen-bond acceptors (Lipinski definition) is 3. The number of alkyl halides is 3. The Morgan fingerprint density at radius 2 is 1.70 bits per heavy atom. The van der Waals surface area contributed by atoms with Crippen LogP contribution in [0.5, 0.6) is 0 Å². The van der Waals surface area contributed by atoms with Crippen molar-refractivity contribution in [3.63, 3.8) is 0 Å². The van der Waals surface area contributed by atoms with E-state index in [1.807, 2.05) is 42.5 Å². The molecule has 1 atom stereocenters. The summed E-state index contributed by atoms with van der Waals surface area (Å²) in [4.78, 5) is 8.90. The fraction of sp³-hybridized carbons (Fsp3) is 0.375. The van der Waals surface area contributed by atoms with E-state index in [1.165, 1.54) is 19.3 Å². The van der Waals surface area contributed by atoms with Crippen molar-refractivity contribution < 1.29 is 27.5 Å². The summed E-state index contributed by atoms with van der Waals surface area (Å²) in [5.74, 6) is -0.892. The predicted molar refractivity (Wildman–Crippen MR) is 115 cm³/mol. The Hall–Kier alpha value is -3.23. The lowest BCUT2D eigenvalue weighted by Gasteiger charge is -2.17. The molecule has 0 fully saturated rings. The van der Waals surface area contributed by atoms with Crippen molar-refractivity contribution in [3.8, 4) is 11.1 Å². The first-order valence-electron chi connectivity index (χ1n) is 10.8. The van der Waals surface area contributed by atoms with Gasteiger partial charge in [-0.1, -0.05) is 62.2 Å². The van der Waals surface area contributed by atoms with E-state index in [4.69, 9.17) is 9.90 Å². The minimum atomic E-state index is -5.08. The van der Waals surface area contributed by atoms with Gasteiger partial charge in [0.25, 0.3) is 0 Å². The molecule has 2 heterocycles. The molecular weight excluding hydrogens is 438 g/mol. The molecule has 4 rings (SSSR count). The van der Waals surface area contributed by atoms with Crippen molar-refractivity contribution >= 4 is 5.97 Å². The molecule has 3 aromatic rings. The molecule has 176 valence electrons. The van der Waals surface area contributed by atoms with E-state index in [1.54, 1.807) is 6.07 Å². The summed E-state index contributed by atoms with van der Waals surface area (Å²) in [5, 5.41) is 16.0. The topological polar surface area (TPSA) is 68.0 Å². The second kappa shape index (κ2) is 10.6. The average Bonchev–Trinajstić information content (AvgIpc) is 3.14. The number of carboxylic acids is 1. The smallest absolute Gasteiger partial charge is 0.475 e. The number of carbonyl (C=O) groups is 1. The van der Waals surface area contributed by atoms with Gasteiger partial charge in [-0.3, -0.25) is 0 Å². The first kappa shape index (κ1) is 24.4. The Labute approximate surface area is 189 Å². The number of hydrogen-bond donors (Lipinski definition) is 1. The maximum absolute atomic E-state index is 14.8. The van der Waals surface area contributed by atoms with Crippen LogP contribution in [0.4, 0.5) is 17.6 Å². The number of aliphatic carboxylic acids is 1. The molecule has 0 spiro atoms. The van der Waals surface area contributed by atoms with Gasteiger partial charge in [0.15, 0.2) is 0 Å². The first-order valence-corrected chi connectivity index (χ1v) is 10.8. The minimum absolute atomic E-state index is 0.0231. The third-order valence-corrected chi connectivity index (χ3v) is 5.60. The van der Waals surface area contributed by atoms with Crippen molar-refractivity contribution in [1.29, 1.82) is 0 Å². The van der Waals surface area contributed by atoms with Gasteiger partial charge < -0.3 is 9.67 Å². The lowest BCUT2D eigenvalue weighted by molar-refractivity contribution is -0.192. The number of aromatic nitrogens is 3. The Morgan fingerprint density at radius 1 is 1.03 bits per heavy atom. The maximum Gasteiger partial charge on any atom is 0.490 e. The summed E-state index contributed by atoms with van der Waals surface area (Å²) in [6, 6.07) is 15.2. The van der Waals surface area contributed by atoms with Crippen LogP contribution < -0.4 is 0 Å². The van der Waals surface area contributed by atoms with Gasteiger partial charge in [0.2, 0.25) is 0 Å². The van der Waals surface area contributed by atoms with E-state index >= 15 is 0 Å². The highest BCUT2D eigenvalue weighted by atomic mass is 19.4. The molecule has 0 saturated heterocycles. The largest absolute Gasteiger partial charge is 0.490 e. The maximum atomic E-state index is 14.8. The summed E-state index contributed by atoms with van der Waals surface area (Å²) < 4.78 is 48.7. The Balaban J connectivity index is 0.000000383. The van der Waals surface area contributed by atoms with E-state index in [9.17, 15) is 17.6 Å². The van der Waals surface area contributed by atoms with E-state index in [0.717, 1.165) is 42.2 Å². The van der Waals surface area contributed by atoms with Crippen LogP contribution >= 0.6 is 0 Å². The van der Waals surface area contributed by atoms with Gasteiger partial charge in [-0.2, -0.15) is 13.2 Å². The number of aryl methyl sites for hydroxylation is 1. The number of halogens is 4. The molecule has 1 N–H and O–H groups in total. The molecule has 1 unspecified atom stereocenters. The monoisotopic (exact) mass is 463 g/mol. The molecule has 33 heavy (non-hydrogen) atoms. The number of nitrogens with zero attached hydrogens (tertiary/aromatic N) is 3. The van der Waals surface area contributed by atoms with Crippen molar-refractivity contribution in [3.05, 3.63) is 71.6 Å². The number of carboxylic acid groups (broad SMARTS) is 1. The molecule has 1 aliphatic heterocycles. The van der Waals surface area contributed by atoms with Crippen LogP contribution in [0.3, 0.4) is 0 Å². The molecule has 9 heteroatoms. The third-order valence-electron chi connectivity index (χ3n) is 5.60. The van der Waals surface area contributed by atoms with Gasteiger partial charge in [0, 0.05) is 24.4 Å². The minimum Gasteiger partial charge on any atom is -0.475 e.